The predicted octanol–water partition coefficient (Wildman–Crippen LogP) is 5.98. The van der Waals surface area contributed by atoms with Crippen LogP contribution in [0.4, 0.5) is 0 Å². The summed E-state index contributed by atoms with van der Waals surface area (Å²) < 4.78 is 11.3. The van der Waals surface area contributed by atoms with Crippen molar-refractivity contribution >= 4 is 35.1 Å². The van der Waals surface area contributed by atoms with E-state index in [0.717, 1.165) is 25.7 Å². The van der Waals surface area contributed by atoms with Gasteiger partial charge < -0.3 is 19.7 Å². The molecule has 1 fully saturated rings. The van der Waals surface area contributed by atoms with Crippen LogP contribution in [0.5, 0.6) is 5.75 Å². The summed E-state index contributed by atoms with van der Waals surface area (Å²) in [5.41, 5.74) is 1.55. The SMILES string of the molecule is CCCCCCCCCCCCOC(=O)CC1C(=O)NCCN1C(=S)NC(=O)c1cccc(OCCc2ccccc2)c1. The number of unbranched alkanes of at least 4 members (excludes halogenated alkanes) is 9. The maximum absolute atomic E-state index is 13.0. The van der Waals surface area contributed by atoms with Crippen LogP contribution in [0.2, 0.25) is 0 Å². The van der Waals surface area contributed by atoms with Gasteiger partial charge >= 0.3 is 5.97 Å². The topological polar surface area (TPSA) is 97.0 Å². The first-order valence-electron chi connectivity index (χ1n) is 15.8. The third-order valence-corrected chi connectivity index (χ3v) is 7.87. The summed E-state index contributed by atoms with van der Waals surface area (Å²) in [5, 5.41) is 5.60. The van der Waals surface area contributed by atoms with Gasteiger partial charge in [-0.1, -0.05) is 101 Å². The lowest BCUT2D eigenvalue weighted by Crippen LogP contribution is -2.60. The Morgan fingerprint density at radius 3 is 2.35 bits per heavy atom. The lowest BCUT2D eigenvalue weighted by atomic mass is 10.1. The van der Waals surface area contributed by atoms with Crippen molar-refractivity contribution in [3.8, 4) is 5.75 Å². The van der Waals surface area contributed by atoms with Gasteiger partial charge in [0.15, 0.2) is 5.11 Å². The highest BCUT2D eigenvalue weighted by molar-refractivity contribution is 7.80. The second kappa shape index (κ2) is 19.7. The van der Waals surface area contributed by atoms with E-state index in [1.54, 1.807) is 29.2 Å². The van der Waals surface area contributed by atoms with Crippen molar-refractivity contribution in [3.63, 3.8) is 0 Å². The minimum absolute atomic E-state index is 0.0998. The van der Waals surface area contributed by atoms with Crippen LogP contribution in [0, 0.1) is 0 Å². The molecule has 0 saturated carbocycles. The summed E-state index contributed by atoms with van der Waals surface area (Å²) in [4.78, 5) is 39.8. The summed E-state index contributed by atoms with van der Waals surface area (Å²) in [6.45, 7) is 3.80. The second-order valence-corrected chi connectivity index (χ2v) is 11.4. The molecule has 1 aliphatic rings. The monoisotopic (exact) mass is 609 g/mol. The Labute approximate surface area is 261 Å². The number of piperazine rings is 1. The molecule has 2 N–H and O–H groups in total. The molecule has 0 radical (unpaired) electrons. The van der Waals surface area contributed by atoms with Gasteiger partial charge in [-0.15, -0.1) is 0 Å². The van der Waals surface area contributed by atoms with E-state index in [-0.39, 0.29) is 17.4 Å². The Balaban J connectivity index is 1.40. The van der Waals surface area contributed by atoms with Crippen molar-refractivity contribution in [3.05, 3.63) is 65.7 Å². The molecular weight excluding hydrogens is 562 g/mol. The fourth-order valence-electron chi connectivity index (χ4n) is 5.05. The molecule has 2 aromatic rings. The molecule has 0 spiro atoms. The highest BCUT2D eigenvalue weighted by Gasteiger charge is 2.34. The molecule has 3 rings (SSSR count). The Hall–Kier alpha value is -3.46. The van der Waals surface area contributed by atoms with E-state index < -0.39 is 17.9 Å². The molecule has 1 heterocycles. The number of rotatable bonds is 18. The maximum Gasteiger partial charge on any atom is 0.308 e. The number of esters is 1. The van der Waals surface area contributed by atoms with Crippen LogP contribution in [0.25, 0.3) is 0 Å². The Kier molecular flexibility index (Phi) is 15.6. The van der Waals surface area contributed by atoms with E-state index in [1.165, 1.54) is 50.5 Å². The number of amides is 2. The zero-order valence-electron chi connectivity index (χ0n) is 25.5. The molecule has 1 saturated heterocycles. The van der Waals surface area contributed by atoms with Crippen LogP contribution in [0.3, 0.4) is 0 Å². The number of hydrogen-bond donors (Lipinski definition) is 2. The van der Waals surface area contributed by atoms with E-state index in [1.807, 2.05) is 30.3 Å². The number of hydrogen-bond acceptors (Lipinski definition) is 6. The number of thiocarbonyl (C=S) groups is 1. The van der Waals surface area contributed by atoms with E-state index in [0.29, 0.717) is 37.6 Å². The van der Waals surface area contributed by atoms with Crippen LogP contribution in [0.1, 0.15) is 93.5 Å². The highest BCUT2D eigenvalue weighted by atomic mass is 32.1. The fraction of sp³-hybridized carbons (Fsp3) is 0.529. The van der Waals surface area contributed by atoms with Gasteiger partial charge in [-0.2, -0.15) is 0 Å². The summed E-state index contributed by atoms with van der Waals surface area (Å²) >= 11 is 5.51. The first-order valence-corrected chi connectivity index (χ1v) is 16.2. The zero-order valence-corrected chi connectivity index (χ0v) is 26.3. The molecule has 2 amide bonds. The molecule has 0 aliphatic carbocycles. The van der Waals surface area contributed by atoms with Crippen molar-refractivity contribution in [1.29, 1.82) is 0 Å². The normalized spacial score (nSPS) is 14.6. The third kappa shape index (κ3) is 12.7. The molecular formula is C34H47N3O5S. The molecule has 2 aromatic carbocycles. The highest BCUT2D eigenvalue weighted by Crippen LogP contribution is 2.16. The molecule has 1 atom stereocenters. The van der Waals surface area contributed by atoms with E-state index in [4.69, 9.17) is 21.7 Å². The van der Waals surface area contributed by atoms with Crippen LogP contribution in [-0.2, 0) is 20.7 Å². The minimum Gasteiger partial charge on any atom is -0.493 e. The standard InChI is InChI=1S/C34H47N3O5S/c1-2-3-4-5-6-7-8-9-10-14-23-42-31(38)26-30-33(40)35-21-22-37(30)34(43)36-32(39)28-18-15-19-29(25-28)41-24-20-27-16-12-11-13-17-27/h11-13,15-19,25,30H,2-10,14,20-24,26H2,1H3,(H,35,40)(H,36,39,43). The lowest BCUT2D eigenvalue weighted by molar-refractivity contribution is -0.147. The van der Waals surface area contributed by atoms with E-state index in [9.17, 15) is 14.4 Å². The van der Waals surface area contributed by atoms with Gasteiger partial charge in [-0.05, 0) is 42.4 Å². The van der Waals surface area contributed by atoms with Crippen LogP contribution in [0.15, 0.2) is 54.6 Å². The average Bonchev–Trinajstić information content (AvgIpc) is 3.01. The van der Waals surface area contributed by atoms with Gasteiger partial charge in [-0.3, -0.25) is 19.7 Å². The van der Waals surface area contributed by atoms with Gasteiger partial charge in [0.05, 0.1) is 19.6 Å². The fourth-order valence-corrected chi connectivity index (χ4v) is 5.36. The summed E-state index contributed by atoms with van der Waals surface area (Å²) in [6.07, 6.45) is 12.6. The van der Waals surface area contributed by atoms with Gasteiger partial charge in [0.1, 0.15) is 11.8 Å². The first-order chi connectivity index (χ1) is 21.0. The number of nitrogens with one attached hydrogen (secondary N) is 2. The average molecular weight is 610 g/mol. The second-order valence-electron chi connectivity index (χ2n) is 11.0. The molecule has 0 bridgehead atoms. The quantitative estimate of drug-likeness (QED) is 0.122. The number of benzene rings is 2. The summed E-state index contributed by atoms with van der Waals surface area (Å²) in [7, 11) is 0. The van der Waals surface area contributed by atoms with Gasteiger partial charge in [0.2, 0.25) is 5.91 Å². The number of ether oxygens (including phenoxy) is 2. The van der Waals surface area contributed by atoms with Crippen molar-refractivity contribution in [1.82, 2.24) is 15.5 Å². The summed E-state index contributed by atoms with van der Waals surface area (Å²) in [6, 6.07) is 16.1. The van der Waals surface area contributed by atoms with Crippen LogP contribution >= 0.6 is 12.2 Å². The molecule has 234 valence electrons. The molecule has 43 heavy (non-hydrogen) atoms. The van der Waals surface area contributed by atoms with Crippen molar-refractivity contribution in [2.75, 3.05) is 26.3 Å². The van der Waals surface area contributed by atoms with Crippen molar-refractivity contribution in [2.24, 2.45) is 0 Å². The predicted molar refractivity (Wildman–Crippen MR) is 173 cm³/mol. The Morgan fingerprint density at radius 2 is 1.63 bits per heavy atom. The van der Waals surface area contributed by atoms with E-state index >= 15 is 0 Å². The number of carbonyl (C=O) groups is 3. The smallest absolute Gasteiger partial charge is 0.308 e. The van der Waals surface area contributed by atoms with Crippen LogP contribution in [-0.4, -0.2) is 60.1 Å². The summed E-state index contributed by atoms with van der Waals surface area (Å²) in [5.74, 6) is -0.591. The molecule has 0 aromatic heterocycles. The van der Waals surface area contributed by atoms with Crippen LogP contribution < -0.4 is 15.4 Å². The van der Waals surface area contributed by atoms with Gasteiger partial charge in [0, 0.05) is 25.1 Å². The number of carbonyl (C=O) groups excluding carboxylic acids is 3. The maximum atomic E-state index is 13.0. The Bertz CT molecular complexity index is 1160. The van der Waals surface area contributed by atoms with Gasteiger partial charge in [0.25, 0.3) is 5.91 Å². The number of nitrogens with zero attached hydrogens (tertiary/aromatic N) is 1. The lowest BCUT2D eigenvalue weighted by Gasteiger charge is -2.36. The zero-order chi connectivity index (χ0) is 30.7. The van der Waals surface area contributed by atoms with Crippen molar-refractivity contribution < 1.29 is 23.9 Å². The minimum atomic E-state index is -0.839. The largest absolute Gasteiger partial charge is 0.493 e. The molecule has 1 aliphatic heterocycles. The molecule has 9 heteroatoms. The molecule has 8 nitrogen and oxygen atoms in total. The first kappa shape index (κ1) is 34.0. The van der Waals surface area contributed by atoms with E-state index in [2.05, 4.69) is 17.6 Å². The Morgan fingerprint density at radius 1 is 0.930 bits per heavy atom. The third-order valence-electron chi connectivity index (χ3n) is 7.53. The molecule has 1 unspecified atom stereocenters. The van der Waals surface area contributed by atoms with Gasteiger partial charge in [-0.25, -0.2) is 0 Å². The van der Waals surface area contributed by atoms with Crippen molar-refractivity contribution in [2.45, 2.75) is 90.0 Å².